The van der Waals surface area contributed by atoms with Gasteiger partial charge in [-0.05, 0) is 25.5 Å². The van der Waals surface area contributed by atoms with Gasteiger partial charge in [-0.1, -0.05) is 24.3 Å². The lowest BCUT2D eigenvalue weighted by Gasteiger charge is -2.08. The average Bonchev–Trinajstić information content (AvgIpc) is 3.29. The van der Waals surface area contributed by atoms with Crippen LogP contribution in [0.25, 0.3) is 17.1 Å². The van der Waals surface area contributed by atoms with Crippen LogP contribution >= 0.6 is 0 Å². The molecule has 0 radical (unpaired) electrons. The zero-order valence-electron chi connectivity index (χ0n) is 17.6. The van der Waals surface area contributed by atoms with Gasteiger partial charge >= 0.3 is 0 Å². The molecular formula is C22H20F4N6. The van der Waals surface area contributed by atoms with E-state index in [1.807, 2.05) is 6.92 Å². The van der Waals surface area contributed by atoms with Gasteiger partial charge < -0.3 is 0 Å². The third-order valence-electron chi connectivity index (χ3n) is 5.22. The van der Waals surface area contributed by atoms with Gasteiger partial charge in [0.15, 0.2) is 5.82 Å². The van der Waals surface area contributed by atoms with E-state index >= 15 is 0 Å². The minimum absolute atomic E-state index is 0.0481. The summed E-state index contributed by atoms with van der Waals surface area (Å²) in [4.78, 5) is 8.37. The Hall–Kier alpha value is -3.56. The van der Waals surface area contributed by atoms with E-state index in [9.17, 15) is 17.6 Å². The Balaban J connectivity index is 1.65. The summed E-state index contributed by atoms with van der Waals surface area (Å²) in [5, 5.41) is 8.67. The standard InChI is InChI=1S/C22H20F4N6/c1-12-8-18(22(25)26)32(29-12)19-10-16(27-11-28-19)9-17-13(2)20(30-31(17)3)14-4-6-15(7-5-14)21(23)24/h4-8,10-11,21-22H,9H2,1-3H3. The third kappa shape index (κ3) is 4.12. The molecule has 0 bridgehead atoms. The van der Waals surface area contributed by atoms with E-state index in [1.165, 1.54) is 24.5 Å². The first-order valence-electron chi connectivity index (χ1n) is 9.81. The number of benzene rings is 1. The summed E-state index contributed by atoms with van der Waals surface area (Å²) in [6.07, 6.45) is -3.52. The van der Waals surface area contributed by atoms with Crippen molar-refractivity contribution in [2.75, 3.05) is 0 Å². The minimum Gasteiger partial charge on any atom is -0.271 e. The van der Waals surface area contributed by atoms with E-state index in [1.54, 1.807) is 36.9 Å². The summed E-state index contributed by atoms with van der Waals surface area (Å²) in [6.45, 7) is 3.53. The maximum absolute atomic E-state index is 13.4. The van der Waals surface area contributed by atoms with E-state index in [0.717, 1.165) is 21.5 Å². The Bertz CT molecular complexity index is 1240. The molecule has 0 N–H and O–H groups in total. The zero-order chi connectivity index (χ0) is 23.0. The van der Waals surface area contributed by atoms with Crippen molar-refractivity contribution in [1.82, 2.24) is 29.5 Å². The number of hydrogen-bond donors (Lipinski definition) is 0. The number of hydrogen-bond acceptors (Lipinski definition) is 4. The molecule has 4 aromatic rings. The highest BCUT2D eigenvalue weighted by Crippen LogP contribution is 2.28. The van der Waals surface area contributed by atoms with Crippen molar-refractivity contribution in [2.24, 2.45) is 7.05 Å². The predicted molar refractivity (Wildman–Crippen MR) is 110 cm³/mol. The molecule has 0 aliphatic heterocycles. The second-order valence-corrected chi connectivity index (χ2v) is 7.43. The second kappa shape index (κ2) is 8.52. The Labute approximate surface area is 181 Å². The Morgan fingerprint density at radius 2 is 1.62 bits per heavy atom. The van der Waals surface area contributed by atoms with Crippen LogP contribution < -0.4 is 0 Å². The molecule has 0 fully saturated rings. The Kier molecular flexibility index (Phi) is 5.77. The minimum atomic E-state index is -2.69. The Morgan fingerprint density at radius 3 is 2.28 bits per heavy atom. The molecule has 0 aliphatic carbocycles. The topological polar surface area (TPSA) is 61.4 Å². The maximum atomic E-state index is 13.4. The van der Waals surface area contributed by atoms with Crippen molar-refractivity contribution < 1.29 is 17.6 Å². The molecule has 10 heteroatoms. The van der Waals surface area contributed by atoms with Crippen molar-refractivity contribution in [3.05, 3.63) is 76.6 Å². The molecule has 166 valence electrons. The van der Waals surface area contributed by atoms with Crippen LogP contribution in [-0.2, 0) is 13.5 Å². The molecule has 0 atom stereocenters. The normalized spacial score (nSPS) is 11.7. The van der Waals surface area contributed by atoms with Gasteiger partial charge in [0.05, 0.1) is 17.1 Å². The van der Waals surface area contributed by atoms with Crippen LogP contribution in [-0.4, -0.2) is 29.5 Å². The molecular weight excluding hydrogens is 424 g/mol. The van der Waals surface area contributed by atoms with Crippen molar-refractivity contribution in [2.45, 2.75) is 33.1 Å². The average molecular weight is 444 g/mol. The molecule has 32 heavy (non-hydrogen) atoms. The molecule has 4 rings (SSSR count). The van der Waals surface area contributed by atoms with E-state index < -0.39 is 12.9 Å². The first-order chi connectivity index (χ1) is 15.2. The number of alkyl halides is 4. The predicted octanol–water partition coefficient (Wildman–Crippen LogP) is 5.15. The van der Waals surface area contributed by atoms with Gasteiger partial charge in [-0.2, -0.15) is 10.2 Å². The van der Waals surface area contributed by atoms with Crippen LogP contribution in [0.3, 0.4) is 0 Å². The number of aromatic nitrogens is 6. The van der Waals surface area contributed by atoms with E-state index in [4.69, 9.17) is 0 Å². The third-order valence-corrected chi connectivity index (χ3v) is 5.22. The van der Waals surface area contributed by atoms with Crippen LogP contribution in [0.5, 0.6) is 0 Å². The molecule has 6 nitrogen and oxygen atoms in total. The van der Waals surface area contributed by atoms with Gasteiger partial charge in [0.2, 0.25) is 0 Å². The van der Waals surface area contributed by atoms with Crippen molar-refractivity contribution in [3.8, 4) is 17.1 Å². The maximum Gasteiger partial charge on any atom is 0.280 e. The van der Waals surface area contributed by atoms with E-state index in [2.05, 4.69) is 20.2 Å². The molecule has 0 saturated heterocycles. The molecule has 0 aliphatic rings. The lowest BCUT2D eigenvalue weighted by atomic mass is 10.0. The van der Waals surface area contributed by atoms with Crippen molar-refractivity contribution >= 4 is 0 Å². The van der Waals surface area contributed by atoms with Gasteiger partial charge in [0, 0.05) is 36.4 Å². The number of halogens is 4. The summed E-state index contributed by atoms with van der Waals surface area (Å²) in [5.74, 6) is 0.251. The van der Waals surface area contributed by atoms with Gasteiger partial charge in [-0.3, -0.25) is 4.68 Å². The van der Waals surface area contributed by atoms with Gasteiger partial charge in [0.25, 0.3) is 12.9 Å². The molecule has 0 spiro atoms. The number of rotatable bonds is 6. The highest BCUT2D eigenvalue weighted by molar-refractivity contribution is 5.64. The zero-order valence-corrected chi connectivity index (χ0v) is 17.6. The highest BCUT2D eigenvalue weighted by atomic mass is 19.3. The quantitative estimate of drug-likeness (QED) is 0.386. The first-order valence-corrected chi connectivity index (χ1v) is 9.81. The van der Waals surface area contributed by atoms with Crippen molar-refractivity contribution in [1.29, 1.82) is 0 Å². The summed E-state index contributed by atoms with van der Waals surface area (Å²) < 4.78 is 55.2. The summed E-state index contributed by atoms with van der Waals surface area (Å²) in [6, 6.07) is 8.95. The van der Waals surface area contributed by atoms with Crippen LogP contribution in [0.15, 0.2) is 42.7 Å². The summed E-state index contributed by atoms with van der Waals surface area (Å²) in [5.41, 5.74) is 3.92. The smallest absolute Gasteiger partial charge is 0.271 e. The number of nitrogens with zero attached hydrogens (tertiary/aromatic N) is 6. The largest absolute Gasteiger partial charge is 0.280 e. The van der Waals surface area contributed by atoms with Crippen molar-refractivity contribution in [3.63, 3.8) is 0 Å². The molecule has 3 heterocycles. The van der Waals surface area contributed by atoms with E-state index in [0.29, 0.717) is 23.5 Å². The fraction of sp³-hybridized carbons (Fsp3) is 0.273. The van der Waals surface area contributed by atoms with E-state index in [-0.39, 0.29) is 17.1 Å². The lowest BCUT2D eigenvalue weighted by Crippen LogP contribution is -2.08. The van der Waals surface area contributed by atoms with Gasteiger partial charge in [-0.15, -0.1) is 0 Å². The van der Waals surface area contributed by atoms with Crippen LogP contribution in [0.2, 0.25) is 0 Å². The fourth-order valence-corrected chi connectivity index (χ4v) is 3.60. The van der Waals surface area contributed by atoms with Gasteiger partial charge in [0.1, 0.15) is 12.0 Å². The fourth-order valence-electron chi connectivity index (χ4n) is 3.60. The number of aryl methyl sites for hydroxylation is 2. The summed E-state index contributed by atoms with van der Waals surface area (Å²) >= 11 is 0. The molecule has 0 amide bonds. The van der Waals surface area contributed by atoms with Crippen LogP contribution in [0.1, 0.15) is 46.8 Å². The SMILES string of the molecule is Cc1cc(C(F)F)n(-c2cc(Cc3c(C)c(-c4ccc(C(F)F)cc4)nn3C)ncn2)n1. The molecule has 0 saturated carbocycles. The Morgan fingerprint density at radius 1 is 0.906 bits per heavy atom. The second-order valence-electron chi connectivity index (χ2n) is 7.43. The first kappa shape index (κ1) is 21.7. The highest BCUT2D eigenvalue weighted by Gasteiger charge is 2.19. The molecule has 3 aromatic heterocycles. The monoisotopic (exact) mass is 444 g/mol. The van der Waals surface area contributed by atoms with Gasteiger partial charge in [-0.25, -0.2) is 32.2 Å². The molecule has 0 unspecified atom stereocenters. The lowest BCUT2D eigenvalue weighted by molar-refractivity contribution is 0.142. The van der Waals surface area contributed by atoms with Crippen LogP contribution in [0.4, 0.5) is 17.6 Å². The molecule has 1 aromatic carbocycles. The van der Waals surface area contributed by atoms with Crippen LogP contribution in [0, 0.1) is 13.8 Å². The summed E-state index contributed by atoms with van der Waals surface area (Å²) in [7, 11) is 1.78.